The number of hydrogen-bond acceptors (Lipinski definition) is 19. The highest BCUT2D eigenvalue weighted by atomic mass is 32.2. The number of nitrogens with zero attached hydrogens (tertiary/aromatic N) is 2. The lowest BCUT2D eigenvalue weighted by atomic mass is 10.0. The van der Waals surface area contributed by atoms with Crippen LogP contribution in [0.4, 0.5) is 20.1 Å². The Bertz CT molecular complexity index is 2780. The molecule has 2 aromatic rings. The van der Waals surface area contributed by atoms with Crippen LogP contribution in [0.15, 0.2) is 47.5 Å². The van der Waals surface area contributed by atoms with Crippen LogP contribution in [-0.4, -0.2) is 124 Å². The molecule has 0 fully saturated rings. The van der Waals surface area contributed by atoms with Crippen molar-refractivity contribution in [3.8, 4) is 5.75 Å². The van der Waals surface area contributed by atoms with Gasteiger partial charge in [-0.15, -0.1) is 4.99 Å². The Labute approximate surface area is 474 Å². The maximum Gasteiger partial charge on any atom is 0.437 e. The lowest BCUT2D eigenvalue weighted by Crippen LogP contribution is -2.53. The predicted octanol–water partition coefficient (Wildman–Crippen LogP) is 8.32. The molecule has 0 saturated heterocycles. The first-order valence-corrected chi connectivity index (χ1v) is 27.1. The smallest absolute Gasteiger partial charge is 0.437 e. The molecular formula is C55H82N6O19S. The maximum absolute atomic E-state index is 14.7. The second-order valence-corrected chi connectivity index (χ2v) is 26.9. The molecule has 0 radical (unpaired) electrons. The summed E-state index contributed by atoms with van der Waals surface area (Å²) in [5.41, 5.74) is -8.38. The summed E-state index contributed by atoms with van der Waals surface area (Å²) >= 11 is 0. The van der Waals surface area contributed by atoms with Crippen molar-refractivity contribution in [2.75, 3.05) is 5.32 Å². The van der Waals surface area contributed by atoms with Gasteiger partial charge in [0.15, 0.2) is 0 Å². The molecule has 2 rings (SSSR count). The van der Waals surface area contributed by atoms with E-state index in [1.165, 1.54) is 65.8 Å². The van der Waals surface area contributed by atoms with Crippen molar-refractivity contribution in [1.82, 2.24) is 19.7 Å². The molecule has 2 atom stereocenters. The predicted molar refractivity (Wildman–Crippen MR) is 296 cm³/mol. The molecule has 2 aromatic carbocycles. The van der Waals surface area contributed by atoms with Crippen LogP contribution in [-0.2, 0) is 69.1 Å². The van der Waals surface area contributed by atoms with E-state index in [1.54, 1.807) is 104 Å². The molecular weight excluding hydrogens is 1080 g/mol. The van der Waals surface area contributed by atoms with E-state index in [4.69, 9.17) is 37.9 Å². The number of ether oxygens (including phenoxy) is 8. The van der Waals surface area contributed by atoms with Crippen LogP contribution in [0.3, 0.4) is 0 Å². The summed E-state index contributed by atoms with van der Waals surface area (Å²) in [5.74, 6) is -7.18. The van der Waals surface area contributed by atoms with E-state index in [2.05, 4.69) is 25.7 Å². The summed E-state index contributed by atoms with van der Waals surface area (Å²) in [6.45, 7) is 31.4. The number of aliphatic imine (C=N–C) groups is 1. The molecule has 26 heteroatoms. The number of amides is 4. The minimum atomic E-state index is -5.33. The topological polar surface area (TPSA) is 325 Å². The van der Waals surface area contributed by atoms with Crippen LogP contribution >= 0.6 is 0 Å². The number of hydrogen-bond donors (Lipinski definition) is 4. The van der Waals surface area contributed by atoms with E-state index in [9.17, 15) is 51.6 Å². The van der Waals surface area contributed by atoms with Gasteiger partial charge in [-0.2, -0.15) is 17.4 Å². The lowest BCUT2D eigenvalue weighted by molar-refractivity contribution is -0.164. The van der Waals surface area contributed by atoms with Gasteiger partial charge in [-0.25, -0.2) is 24.0 Å². The number of anilines is 1. The van der Waals surface area contributed by atoms with Crippen molar-refractivity contribution in [3.63, 3.8) is 0 Å². The van der Waals surface area contributed by atoms with E-state index in [0.717, 1.165) is 18.2 Å². The summed E-state index contributed by atoms with van der Waals surface area (Å²) in [6.07, 6.45) is -5.21. The molecule has 81 heavy (non-hydrogen) atoms. The third-order valence-corrected chi connectivity index (χ3v) is 10.3. The summed E-state index contributed by atoms with van der Waals surface area (Å²) < 4.78 is 74.9. The van der Waals surface area contributed by atoms with Gasteiger partial charge in [0.1, 0.15) is 57.0 Å². The van der Waals surface area contributed by atoms with E-state index >= 15 is 0 Å². The number of guanidine groups is 1. The first kappa shape index (κ1) is 69.8. The number of benzene rings is 2. The molecule has 25 nitrogen and oxygen atoms in total. The quantitative estimate of drug-likeness (QED) is 0.0403. The largest absolute Gasteiger partial charge is 0.460 e. The fourth-order valence-electron chi connectivity index (χ4n) is 6.23. The zero-order valence-corrected chi connectivity index (χ0v) is 51.2. The summed E-state index contributed by atoms with van der Waals surface area (Å²) in [4.78, 5) is 125. The van der Waals surface area contributed by atoms with Crippen molar-refractivity contribution >= 4 is 75.9 Å². The van der Waals surface area contributed by atoms with Crippen LogP contribution in [0, 0.1) is 0 Å². The van der Waals surface area contributed by atoms with Crippen molar-refractivity contribution in [2.45, 2.75) is 216 Å². The highest BCUT2D eigenvalue weighted by Crippen LogP contribution is 2.26. The van der Waals surface area contributed by atoms with Crippen LogP contribution in [0.2, 0.25) is 0 Å². The van der Waals surface area contributed by atoms with Gasteiger partial charge in [0, 0.05) is 11.3 Å². The maximum atomic E-state index is 14.7. The third-order valence-electron chi connectivity index (χ3n) is 8.90. The summed E-state index contributed by atoms with van der Waals surface area (Å²) in [7, 11) is -5.33. The molecule has 0 aliphatic rings. The first-order valence-electron chi connectivity index (χ1n) is 25.7. The first-order chi connectivity index (χ1) is 36.4. The number of rotatable bonds is 16. The Balaban J connectivity index is 2.86. The molecule has 0 aromatic heterocycles. The van der Waals surface area contributed by atoms with E-state index in [0.29, 0.717) is 0 Å². The standard InChI is InChI=1S/C55H82N6O19S/c1-49(2,3)74-39(62)29-37(43(66)76-51(7,8)9)57-41(64)36-28-35(73-42(65)32-22-25-34(26-23-32)56-45(58-46(68)78-53(13,14)15)59-47(69)79-54(16,17)18)27-24-33(36)31-61(48(70)80-55(19,20)21)81(71,72)60-38(44(67)77-52(10,11)12)30-40(63)75-50(4,5)6/h22-28,37-38,60H,29-31H2,1-21H3,(H,57,64)(H2,56,58,59,68,69). The van der Waals surface area contributed by atoms with E-state index in [-0.39, 0.29) is 26.9 Å². The Morgan fingerprint density at radius 3 is 1.44 bits per heavy atom. The molecule has 2 unspecified atom stereocenters. The molecule has 452 valence electrons. The molecule has 0 saturated carbocycles. The fraction of sp³-hybridized carbons (Fsp3) is 0.600. The van der Waals surface area contributed by atoms with E-state index < -0.39 is 146 Å². The van der Waals surface area contributed by atoms with Gasteiger partial charge in [-0.05, 0) is 187 Å². The zero-order valence-electron chi connectivity index (χ0n) is 50.4. The normalized spacial score (nSPS) is 13.5. The monoisotopic (exact) mass is 1160 g/mol. The molecule has 0 bridgehead atoms. The average Bonchev–Trinajstić information content (AvgIpc) is 3.20. The van der Waals surface area contributed by atoms with Crippen LogP contribution in [0.5, 0.6) is 5.75 Å². The van der Waals surface area contributed by atoms with Gasteiger partial charge >= 0.3 is 58.3 Å². The molecule has 0 aliphatic carbocycles. The van der Waals surface area contributed by atoms with Crippen molar-refractivity contribution < 1.29 is 89.5 Å². The van der Waals surface area contributed by atoms with Crippen molar-refractivity contribution in [1.29, 1.82) is 0 Å². The van der Waals surface area contributed by atoms with Crippen LogP contribution in [0.25, 0.3) is 0 Å². The number of carbonyl (C=O) groups is 9. The van der Waals surface area contributed by atoms with Gasteiger partial charge in [-0.1, -0.05) is 6.07 Å². The van der Waals surface area contributed by atoms with Gasteiger partial charge < -0.3 is 48.5 Å². The molecule has 4 N–H and O–H groups in total. The highest BCUT2D eigenvalue weighted by Gasteiger charge is 2.40. The Morgan fingerprint density at radius 1 is 0.543 bits per heavy atom. The van der Waals surface area contributed by atoms with Gasteiger partial charge in [0.25, 0.3) is 5.91 Å². The Hall–Kier alpha value is -7.35. The zero-order chi connectivity index (χ0) is 62.7. The third kappa shape index (κ3) is 28.1. The molecule has 0 aliphatic heterocycles. The molecule has 4 amide bonds. The Morgan fingerprint density at radius 2 is 0.988 bits per heavy atom. The number of esters is 5. The SMILES string of the molecule is CC(C)(C)OC(=O)CC(NC(=O)c1cc(OC(=O)c2ccc(NC(=NC(=O)OC(C)(C)C)NC(=O)OC(C)(C)C)cc2)ccc1CN(C(=O)OC(C)(C)C)S(=O)(=O)NC(CC(=O)OC(C)(C)C)C(=O)OC(C)(C)C)C(=O)OC(C)(C)C. The number of carbonyl (C=O) groups excluding carboxylic acids is 9. The molecule has 0 heterocycles. The van der Waals surface area contributed by atoms with Crippen LogP contribution < -0.4 is 25.4 Å². The second kappa shape index (κ2) is 26.9. The lowest BCUT2D eigenvalue weighted by Gasteiger charge is -2.30. The van der Waals surface area contributed by atoms with Crippen LogP contribution in [0.1, 0.15) is 185 Å². The minimum Gasteiger partial charge on any atom is -0.460 e. The fourth-order valence-corrected chi connectivity index (χ4v) is 7.44. The van der Waals surface area contributed by atoms with E-state index in [1.807, 2.05) is 0 Å². The minimum absolute atomic E-state index is 0.0945. The second-order valence-electron chi connectivity index (χ2n) is 25.3. The van der Waals surface area contributed by atoms with Gasteiger partial charge in [0.2, 0.25) is 5.96 Å². The Kier molecular flexibility index (Phi) is 23.2. The summed E-state index contributed by atoms with van der Waals surface area (Å²) in [6, 6.07) is 4.81. The number of alkyl carbamates (subject to hydrolysis) is 1. The molecule has 0 spiro atoms. The number of nitrogens with one attached hydrogen (secondary N) is 4. The highest BCUT2D eigenvalue weighted by molar-refractivity contribution is 7.87. The van der Waals surface area contributed by atoms with Gasteiger partial charge in [0.05, 0.1) is 24.9 Å². The summed E-state index contributed by atoms with van der Waals surface area (Å²) in [5, 5.41) is 7.53. The average molecular weight is 1160 g/mol. The van der Waals surface area contributed by atoms with Crippen molar-refractivity contribution in [2.24, 2.45) is 4.99 Å². The van der Waals surface area contributed by atoms with Gasteiger partial charge in [-0.3, -0.25) is 24.5 Å². The van der Waals surface area contributed by atoms with Crippen molar-refractivity contribution in [3.05, 3.63) is 59.2 Å².